The van der Waals surface area contributed by atoms with Crippen molar-refractivity contribution in [2.24, 2.45) is 0 Å². The first-order valence-corrected chi connectivity index (χ1v) is 10.3. The van der Waals surface area contributed by atoms with Gasteiger partial charge in [-0.1, -0.05) is 35.3 Å². The standard InChI is InChI=1S/C21H17Cl2NO4S/c1-3-28-14-7-4-12(5-8-14)15-11-29-20(18(15)21(26)27-2)24-19(25)13-6-9-16(22)17(23)10-13/h4-11H,3H2,1-2H3,(H,24,25). The van der Waals surface area contributed by atoms with Crippen LogP contribution in [0.4, 0.5) is 5.00 Å². The fourth-order valence-corrected chi connectivity index (χ4v) is 3.93. The van der Waals surface area contributed by atoms with E-state index in [0.29, 0.717) is 27.8 Å². The lowest BCUT2D eigenvalue weighted by atomic mass is 10.0. The molecule has 1 amide bonds. The molecule has 150 valence electrons. The van der Waals surface area contributed by atoms with Gasteiger partial charge in [-0.2, -0.15) is 0 Å². The Labute approximate surface area is 182 Å². The Kier molecular flexibility index (Phi) is 6.79. The van der Waals surface area contributed by atoms with Gasteiger partial charge in [0.15, 0.2) is 0 Å². The van der Waals surface area contributed by atoms with Crippen molar-refractivity contribution in [3.05, 3.63) is 69.0 Å². The Morgan fingerprint density at radius 2 is 1.79 bits per heavy atom. The van der Waals surface area contributed by atoms with E-state index in [1.54, 1.807) is 17.5 Å². The molecule has 0 fully saturated rings. The van der Waals surface area contributed by atoms with Crippen molar-refractivity contribution in [1.29, 1.82) is 0 Å². The van der Waals surface area contributed by atoms with Crippen LogP contribution in [0.3, 0.4) is 0 Å². The Balaban J connectivity index is 1.94. The average molecular weight is 450 g/mol. The lowest BCUT2D eigenvalue weighted by Crippen LogP contribution is -2.14. The van der Waals surface area contributed by atoms with Crippen LogP contribution in [0, 0.1) is 0 Å². The monoisotopic (exact) mass is 449 g/mol. The molecule has 29 heavy (non-hydrogen) atoms. The van der Waals surface area contributed by atoms with Gasteiger partial charge in [-0.15, -0.1) is 11.3 Å². The molecule has 0 atom stereocenters. The van der Waals surface area contributed by atoms with Gasteiger partial charge < -0.3 is 14.8 Å². The van der Waals surface area contributed by atoms with Crippen molar-refractivity contribution in [1.82, 2.24) is 0 Å². The molecule has 0 saturated heterocycles. The third kappa shape index (κ3) is 4.72. The minimum absolute atomic E-state index is 0.272. The van der Waals surface area contributed by atoms with Crippen LogP contribution in [0.5, 0.6) is 5.75 Å². The maximum Gasteiger partial charge on any atom is 0.341 e. The van der Waals surface area contributed by atoms with Crippen molar-refractivity contribution >= 4 is 51.4 Å². The van der Waals surface area contributed by atoms with Crippen LogP contribution < -0.4 is 10.1 Å². The van der Waals surface area contributed by atoms with Crippen molar-refractivity contribution in [3.8, 4) is 16.9 Å². The van der Waals surface area contributed by atoms with E-state index in [4.69, 9.17) is 32.7 Å². The summed E-state index contributed by atoms with van der Waals surface area (Å²) in [6.07, 6.45) is 0. The summed E-state index contributed by atoms with van der Waals surface area (Å²) in [5.41, 5.74) is 2.08. The van der Waals surface area contributed by atoms with Gasteiger partial charge in [-0.3, -0.25) is 4.79 Å². The first kappa shape index (κ1) is 21.2. The van der Waals surface area contributed by atoms with Gasteiger partial charge in [-0.05, 0) is 42.8 Å². The molecule has 5 nitrogen and oxygen atoms in total. The predicted octanol–water partition coefficient (Wildman–Crippen LogP) is 6.16. The summed E-state index contributed by atoms with van der Waals surface area (Å²) in [4.78, 5) is 25.1. The zero-order valence-electron chi connectivity index (χ0n) is 15.6. The van der Waals surface area contributed by atoms with Crippen LogP contribution in [0.25, 0.3) is 11.1 Å². The second-order valence-corrected chi connectivity index (χ2v) is 7.58. The number of rotatable bonds is 6. The van der Waals surface area contributed by atoms with Crippen LogP contribution in [0.15, 0.2) is 47.8 Å². The van der Waals surface area contributed by atoms with Crippen LogP contribution >= 0.6 is 34.5 Å². The molecule has 0 aliphatic carbocycles. The minimum atomic E-state index is -0.542. The number of amides is 1. The fraction of sp³-hybridized carbons (Fsp3) is 0.143. The van der Waals surface area contributed by atoms with Gasteiger partial charge in [0.05, 0.1) is 23.8 Å². The minimum Gasteiger partial charge on any atom is -0.494 e. The molecule has 0 radical (unpaired) electrons. The molecule has 0 saturated carbocycles. The molecule has 1 heterocycles. The molecule has 0 aliphatic rings. The van der Waals surface area contributed by atoms with Crippen LogP contribution in [-0.4, -0.2) is 25.6 Å². The zero-order chi connectivity index (χ0) is 21.0. The van der Waals surface area contributed by atoms with E-state index in [9.17, 15) is 9.59 Å². The highest BCUT2D eigenvalue weighted by atomic mass is 35.5. The molecular weight excluding hydrogens is 433 g/mol. The summed E-state index contributed by atoms with van der Waals surface area (Å²) in [7, 11) is 1.30. The van der Waals surface area contributed by atoms with Gasteiger partial charge in [0, 0.05) is 16.5 Å². The molecule has 1 N–H and O–H groups in total. The van der Waals surface area contributed by atoms with E-state index < -0.39 is 11.9 Å². The summed E-state index contributed by atoms with van der Waals surface area (Å²) in [6, 6.07) is 11.9. The number of carbonyl (C=O) groups is 2. The Bertz CT molecular complexity index is 1050. The molecule has 2 aromatic carbocycles. The molecule has 0 bridgehead atoms. The predicted molar refractivity (Wildman–Crippen MR) is 117 cm³/mol. The van der Waals surface area contributed by atoms with Gasteiger partial charge in [0.25, 0.3) is 5.91 Å². The highest BCUT2D eigenvalue weighted by Crippen LogP contribution is 2.37. The molecule has 0 unspecified atom stereocenters. The van der Waals surface area contributed by atoms with E-state index in [-0.39, 0.29) is 10.6 Å². The molecule has 1 aromatic heterocycles. The number of halogens is 2. The molecular formula is C21H17Cl2NO4S. The van der Waals surface area contributed by atoms with Crippen molar-refractivity contribution < 1.29 is 19.1 Å². The number of esters is 1. The Hall–Kier alpha value is -2.54. The van der Waals surface area contributed by atoms with Gasteiger partial charge in [0.2, 0.25) is 0 Å². The average Bonchev–Trinajstić information content (AvgIpc) is 3.13. The SMILES string of the molecule is CCOc1ccc(-c2csc(NC(=O)c3ccc(Cl)c(Cl)c3)c2C(=O)OC)cc1. The third-order valence-corrected chi connectivity index (χ3v) is 5.70. The van der Waals surface area contributed by atoms with E-state index in [1.165, 1.54) is 24.5 Å². The molecule has 3 aromatic rings. The summed E-state index contributed by atoms with van der Waals surface area (Å²) in [6.45, 7) is 2.47. The maximum atomic E-state index is 12.6. The van der Waals surface area contributed by atoms with E-state index in [0.717, 1.165) is 11.3 Å². The number of thiophene rings is 1. The fourth-order valence-electron chi connectivity index (χ4n) is 2.68. The molecule has 8 heteroatoms. The van der Waals surface area contributed by atoms with Gasteiger partial charge >= 0.3 is 5.97 Å². The summed E-state index contributed by atoms with van der Waals surface area (Å²) in [5.74, 6) is -0.215. The van der Waals surface area contributed by atoms with Crippen molar-refractivity contribution in [2.45, 2.75) is 6.92 Å². The Morgan fingerprint density at radius 1 is 1.07 bits per heavy atom. The van der Waals surface area contributed by atoms with Crippen LogP contribution in [0.2, 0.25) is 10.0 Å². The number of carbonyl (C=O) groups excluding carboxylic acids is 2. The number of nitrogens with one attached hydrogen (secondary N) is 1. The number of methoxy groups -OCH3 is 1. The number of hydrogen-bond acceptors (Lipinski definition) is 5. The largest absolute Gasteiger partial charge is 0.494 e. The second-order valence-electron chi connectivity index (χ2n) is 5.89. The van der Waals surface area contributed by atoms with Crippen molar-refractivity contribution in [3.63, 3.8) is 0 Å². The quantitative estimate of drug-likeness (QED) is 0.457. The van der Waals surface area contributed by atoms with Crippen LogP contribution in [-0.2, 0) is 4.74 Å². The molecule has 3 rings (SSSR count). The molecule has 0 aliphatic heterocycles. The van der Waals surface area contributed by atoms with Crippen LogP contribution in [0.1, 0.15) is 27.6 Å². The normalized spacial score (nSPS) is 10.5. The number of ether oxygens (including phenoxy) is 2. The number of anilines is 1. The van der Waals surface area contributed by atoms with Gasteiger partial charge in [0.1, 0.15) is 16.3 Å². The topological polar surface area (TPSA) is 64.6 Å². The first-order chi connectivity index (χ1) is 13.9. The highest BCUT2D eigenvalue weighted by Gasteiger charge is 2.23. The maximum absolute atomic E-state index is 12.6. The lowest BCUT2D eigenvalue weighted by molar-refractivity contribution is 0.0603. The first-order valence-electron chi connectivity index (χ1n) is 8.64. The summed E-state index contributed by atoms with van der Waals surface area (Å²) < 4.78 is 10.4. The third-order valence-electron chi connectivity index (χ3n) is 4.07. The highest BCUT2D eigenvalue weighted by molar-refractivity contribution is 7.15. The summed E-state index contributed by atoms with van der Waals surface area (Å²) >= 11 is 13.1. The Morgan fingerprint density at radius 3 is 2.41 bits per heavy atom. The van der Waals surface area contributed by atoms with Crippen molar-refractivity contribution in [2.75, 3.05) is 19.0 Å². The molecule has 0 spiro atoms. The van der Waals surface area contributed by atoms with E-state index in [2.05, 4.69) is 5.32 Å². The smallest absolute Gasteiger partial charge is 0.341 e. The summed E-state index contributed by atoms with van der Waals surface area (Å²) in [5, 5.41) is 5.57. The lowest BCUT2D eigenvalue weighted by Gasteiger charge is -2.09. The van der Waals surface area contributed by atoms with E-state index in [1.807, 2.05) is 31.2 Å². The second kappa shape index (κ2) is 9.31. The number of benzene rings is 2. The van der Waals surface area contributed by atoms with E-state index >= 15 is 0 Å². The van der Waals surface area contributed by atoms with Gasteiger partial charge in [-0.25, -0.2) is 4.79 Å². The number of hydrogen-bond donors (Lipinski definition) is 1. The zero-order valence-corrected chi connectivity index (χ0v) is 18.0.